The minimum absolute atomic E-state index is 0.220. The molecule has 0 atom stereocenters. The van der Waals surface area contributed by atoms with Crippen LogP contribution in [0.15, 0.2) is 78.5 Å². The molecular formula is C26H23FN2O2. The molecule has 2 amide bonds. The Hall–Kier alpha value is -3.73. The maximum Gasteiger partial charge on any atom is 0.278 e. The highest BCUT2D eigenvalue weighted by Gasteiger charge is 2.38. The summed E-state index contributed by atoms with van der Waals surface area (Å²) in [7, 11) is 0. The van der Waals surface area contributed by atoms with Crippen molar-refractivity contribution >= 4 is 23.1 Å². The van der Waals surface area contributed by atoms with Gasteiger partial charge < -0.3 is 5.32 Å². The number of hydrogen-bond donors (Lipinski definition) is 1. The van der Waals surface area contributed by atoms with E-state index in [1.807, 2.05) is 62.4 Å². The second-order valence-corrected chi connectivity index (χ2v) is 7.75. The van der Waals surface area contributed by atoms with Crippen molar-refractivity contribution in [3.8, 4) is 0 Å². The molecule has 31 heavy (non-hydrogen) atoms. The lowest BCUT2D eigenvalue weighted by atomic mass is 10.0. The van der Waals surface area contributed by atoms with Crippen molar-refractivity contribution < 1.29 is 14.0 Å². The number of carbonyl (C=O) groups excluding carboxylic acids is 2. The zero-order chi connectivity index (χ0) is 22.0. The van der Waals surface area contributed by atoms with Gasteiger partial charge in [-0.05, 0) is 61.2 Å². The monoisotopic (exact) mass is 414 g/mol. The van der Waals surface area contributed by atoms with Crippen molar-refractivity contribution in [3.63, 3.8) is 0 Å². The van der Waals surface area contributed by atoms with Gasteiger partial charge in [0.15, 0.2) is 0 Å². The molecule has 3 aromatic rings. The van der Waals surface area contributed by atoms with Gasteiger partial charge in [0.1, 0.15) is 11.5 Å². The van der Waals surface area contributed by atoms with Gasteiger partial charge in [0.2, 0.25) is 0 Å². The standard InChI is InChI=1S/C26H23FN2O2/c1-17-6-10-20(11-7-17)23-24(28-22-5-3-4-18(2)16-22)26(31)29(25(23)30)15-14-19-8-12-21(27)13-9-19/h3-13,16,28H,14-15H2,1-2H3. The molecule has 0 aromatic heterocycles. The SMILES string of the molecule is Cc1ccc(C2=C(Nc3cccc(C)c3)C(=O)N(CCc3ccc(F)cc3)C2=O)cc1. The minimum atomic E-state index is -0.357. The summed E-state index contributed by atoms with van der Waals surface area (Å²) in [6, 6.07) is 21.3. The van der Waals surface area contributed by atoms with Gasteiger partial charge in [0.25, 0.3) is 11.8 Å². The first-order valence-electron chi connectivity index (χ1n) is 10.2. The Morgan fingerprint density at radius 1 is 0.839 bits per heavy atom. The van der Waals surface area contributed by atoms with E-state index in [0.717, 1.165) is 22.4 Å². The normalized spacial score (nSPS) is 13.8. The van der Waals surface area contributed by atoms with Crippen molar-refractivity contribution in [3.05, 3.63) is 107 Å². The maximum absolute atomic E-state index is 13.3. The topological polar surface area (TPSA) is 49.4 Å². The second-order valence-electron chi connectivity index (χ2n) is 7.75. The van der Waals surface area contributed by atoms with Gasteiger partial charge in [-0.3, -0.25) is 14.5 Å². The second kappa shape index (κ2) is 8.56. The van der Waals surface area contributed by atoms with Gasteiger partial charge in [0, 0.05) is 12.2 Å². The van der Waals surface area contributed by atoms with Crippen LogP contribution in [0.25, 0.3) is 5.57 Å². The summed E-state index contributed by atoms with van der Waals surface area (Å²) in [4.78, 5) is 27.8. The molecular weight excluding hydrogens is 391 g/mol. The lowest BCUT2D eigenvalue weighted by Gasteiger charge is -2.15. The molecule has 1 heterocycles. The molecule has 156 valence electrons. The molecule has 4 rings (SSSR count). The zero-order valence-electron chi connectivity index (χ0n) is 17.5. The third-order valence-electron chi connectivity index (χ3n) is 5.33. The summed E-state index contributed by atoms with van der Waals surface area (Å²) in [5.74, 6) is -1.000. The summed E-state index contributed by atoms with van der Waals surface area (Å²) in [5, 5.41) is 3.18. The smallest absolute Gasteiger partial charge is 0.278 e. The van der Waals surface area contributed by atoms with E-state index in [0.29, 0.717) is 17.6 Å². The highest BCUT2D eigenvalue weighted by Crippen LogP contribution is 2.31. The molecule has 0 unspecified atom stereocenters. The fourth-order valence-corrected chi connectivity index (χ4v) is 3.64. The number of nitrogens with zero attached hydrogens (tertiary/aromatic N) is 1. The van der Waals surface area contributed by atoms with Crippen molar-refractivity contribution in [1.29, 1.82) is 0 Å². The Morgan fingerprint density at radius 3 is 2.23 bits per heavy atom. The van der Waals surface area contributed by atoms with Gasteiger partial charge in [-0.2, -0.15) is 0 Å². The molecule has 0 bridgehead atoms. The zero-order valence-corrected chi connectivity index (χ0v) is 17.5. The van der Waals surface area contributed by atoms with E-state index in [2.05, 4.69) is 5.32 Å². The number of rotatable bonds is 6. The van der Waals surface area contributed by atoms with E-state index < -0.39 is 0 Å². The molecule has 0 fully saturated rings. The number of amides is 2. The predicted octanol–water partition coefficient (Wildman–Crippen LogP) is 4.88. The van der Waals surface area contributed by atoms with Crippen LogP contribution >= 0.6 is 0 Å². The van der Waals surface area contributed by atoms with E-state index in [-0.39, 0.29) is 29.9 Å². The van der Waals surface area contributed by atoms with Crippen LogP contribution in [0.2, 0.25) is 0 Å². The molecule has 3 aromatic carbocycles. The maximum atomic E-state index is 13.3. The molecule has 1 N–H and O–H groups in total. The Kier molecular flexibility index (Phi) is 5.67. The summed E-state index contributed by atoms with van der Waals surface area (Å²) < 4.78 is 13.2. The van der Waals surface area contributed by atoms with Crippen molar-refractivity contribution in [2.45, 2.75) is 20.3 Å². The van der Waals surface area contributed by atoms with Crippen LogP contribution in [0.5, 0.6) is 0 Å². The molecule has 1 aliphatic heterocycles. The fourth-order valence-electron chi connectivity index (χ4n) is 3.64. The van der Waals surface area contributed by atoms with Crippen LogP contribution in [0.4, 0.5) is 10.1 Å². The first kappa shape index (κ1) is 20.5. The Labute approximate surface area is 181 Å². The number of hydrogen-bond acceptors (Lipinski definition) is 3. The third kappa shape index (κ3) is 4.40. The van der Waals surface area contributed by atoms with E-state index in [9.17, 15) is 14.0 Å². The van der Waals surface area contributed by atoms with Crippen LogP contribution < -0.4 is 5.32 Å². The first-order valence-corrected chi connectivity index (χ1v) is 10.2. The highest BCUT2D eigenvalue weighted by molar-refractivity contribution is 6.36. The lowest BCUT2D eigenvalue weighted by Crippen LogP contribution is -2.34. The largest absolute Gasteiger partial charge is 0.350 e. The van der Waals surface area contributed by atoms with Gasteiger partial charge in [0.05, 0.1) is 5.57 Å². The Morgan fingerprint density at radius 2 is 1.55 bits per heavy atom. The number of anilines is 1. The summed E-state index contributed by atoms with van der Waals surface area (Å²) in [6.45, 7) is 4.16. The quantitative estimate of drug-likeness (QED) is 0.585. The molecule has 4 nitrogen and oxygen atoms in total. The van der Waals surface area contributed by atoms with Crippen molar-refractivity contribution in [1.82, 2.24) is 4.90 Å². The van der Waals surface area contributed by atoms with Crippen LogP contribution in [0.1, 0.15) is 22.3 Å². The van der Waals surface area contributed by atoms with Crippen LogP contribution in [0.3, 0.4) is 0 Å². The molecule has 1 aliphatic rings. The van der Waals surface area contributed by atoms with Gasteiger partial charge in [-0.15, -0.1) is 0 Å². The van der Waals surface area contributed by atoms with E-state index in [4.69, 9.17) is 0 Å². The molecule has 0 saturated heterocycles. The van der Waals surface area contributed by atoms with Crippen LogP contribution in [0, 0.1) is 19.7 Å². The number of carbonyl (C=O) groups is 2. The average Bonchev–Trinajstić information content (AvgIpc) is 2.98. The van der Waals surface area contributed by atoms with E-state index >= 15 is 0 Å². The summed E-state index contributed by atoms with van der Waals surface area (Å²) in [5.41, 5.74) is 5.07. The van der Waals surface area contributed by atoms with E-state index in [1.165, 1.54) is 17.0 Å². The number of nitrogens with one attached hydrogen (secondary N) is 1. The van der Waals surface area contributed by atoms with E-state index in [1.54, 1.807) is 12.1 Å². The number of aryl methyl sites for hydroxylation is 2. The molecule has 0 spiro atoms. The van der Waals surface area contributed by atoms with Gasteiger partial charge >= 0.3 is 0 Å². The molecule has 5 heteroatoms. The number of benzene rings is 3. The minimum Gasteiger partial charge on any atom is -0.350 e. The van der Waals surface area contributed by atoms with Crippen molar-refractivity contribution in [2.24, 2.45) is 0 Å². The third-order valence-corrected chi connectivity index (χ3v) is 5.33. The molecule has 0 aliphatic carbocycles. The first-order chi connectivity index (χ1) is 14.9. The number of imide groups is 1. The average molecular weight is 414 g/mol. The Balaban J connectivity index is 1.65. The van der Waals surface area contributed by atoms with Crippen molar-refractivity contribution in [2.75, 3.05) is 11.9 Å². The molecule has 0 radical (unpaired) electrons. The fraction of sp³-hybridized carbons (Fsp3) is 0.154. The highest BCUT2D eigenvalue weighted by atomic mass is 19.1. The van der Waals surface area contributed by atoms with Gasteiger partial charge in [-0.1, -0.05) is 54.1 Å². The van der Waals surface area contributed by atoms with Crippen LogP contribution in [-0.4, -0.2) is 23.3 Å². The van der Waals surface area contributed by atoms with Crippen LogP contribution in [-0.2, 0) is 16.0 Å². The Bertz CT molecular complexity index is 1160. The summed E-state index contributed by atoms with van der Waals surface area (Å²) >= 11 is 0. The lowest BCUT2D eigenvalue weighted by molar-refractivity contribution is -0.136. The molecule has 0 saturated carbocycles. The predicted molar refractivity (Wildman–Crippen MR) is 120 cm³/mol. The number of halogens is 1. The van der Waals surface area contributed by atoms with Gasteiger partial charge in [-0.25, -0.2) is 4.39 Å². The summed E-state index contributed by atoms with van der Waals surface area (Å²) in [6.07, 6.45) is 0.455.